The molecule has 0 spiro atoms. The number of thiazole rings is 1. The number of hydrogen-bond donors (Lipinski definition) is 0. The Morgan fingerprint density at radius 2 is 2.64 bits per heavy atom. The van der Waals surface area contributed by atoms with Crippen molar-refractivity contribution in [1.29, 1.82) is 0 Å². The lowest BCUT2D eigenvalue weighted by Gasteiger charge is -2.05. The second-order valence-electron chi connectivity index (χ2n) is 2.16. The lowest BCUT2D eigenvalue weighted by molar-refractivity contribution is 0.138. The fraction of sp³-hybridized carbons (Fsp3) is 0.571. The minimum absolute atomic E-state index is 0.309. The van der Waals surface area contributed by atoms with Gasteiger partial charge in [0.25, 0.3) is 0 Å². The van der Waals surface area contributed by atoms with Gasteiger partial charge in [0.2, 0.25) is 0 Å². The Morgan fingerprint density at radius 3 is 3.18 bits per heavy atom. The Hall–Kier alpha value is -0.0600. The van der Waals surface area contributed by atoms with E-state index >= 15 is 0 Å². The zero-order chi connectivity index (χ0) is 8.10. The topological polar surface area (TPSA) is 22.1 Å². The number of thioether (sulfide) groups is 1. The van der Waals surface area contributed by atoms with Crippen molar-refractivity contribution in [1.82, 2.24) is 4.98 Å². The van der Waals surface area contributed by atoms with Crippen LogP contribution < -0.4 is 0 Å². The van der Waals surface area contributed by atoms with Crippen LogP contribution >= 0.6 is 23.1 Å². The minimum atomic E-state index is 0.309. The largest absolute Gasteiger partial charge is 0.381 e. The predicted octanol–water partition coefficient (Wildman–Crippen LogP) is 2.27. The number of aromatic nitrogens is 1. The second-order valence-corrected chi connectivity index (χ2v) is 4.32. The fourth-order valence-corrected chi connectivity index (χ4v) is 2.19. The van der Waals surface area contributed by atoms with Gasteiger partial charge in [0.1, 0.15) is 4.34 Å². The van der Waals surface area contributed by atoms with Gasteiger partial charge >= 0.3 is 0 Å². The summed E-state index contributed by atoms with van der Waals surface area (Å²) < 4.78 is 6.22. The van der Waals surface area contributed by atoms with Gasteiger partial charge in [-0.2, -0.15) is 0 Å². The lowest BCUT2D eigenvalue weighted by Crippen LogP contribution is -2.07. The van der Waals surface area contributed by atoms with Gasteiger partial charge in [-0.1, -0.05) is 11.8 Å². The molecule has 62 valence electrons. The van der Waals surface area contributed by atoms with Crippen molar-refractivity contribution in [2.75, 3.05) is 12.9 Å². The molecule has 1 aromatic heterocycles. The third-order valence-electron chi connectivity index (χ3n) is 1.25. The van der Waals surface area contributed by atoms with Crippen LogP contribution in [0, 0.1) is 0 Å². The summed E-state index contributed by atoms with van der Waals surface area (Å²) in [7, 11) is 1.73. The number of ether oxygens (including phenoxy) is 1. The zero-order valence-electron chi connectivity index (χ0n) is 6.61. The molecule has 0 saturated heterocycles. The smallest absolute Gasteiger partial charge is 0.149 e. The van der Waals surface area contributed by atoms with Gasteiger partial charge in [0.15, 0.2) is 0 Å². The average molecular weight is 189 g/mol. The first-order valence-electron chi connectivity index (χ1n) is 3.38. The van der Waals surface area contributed by atoms with E-state index in [2.05, 4.69) is 11.9 Å². The van der Waals surface area contributed by atoms with Crippen LogP contribution in [-0.2, 0) is 4.74 Å². The Balaban J connectivity index is 2.23. The maximum atomic E-state index is 5.10. The molecule has 1 aromatic rings. The van der Waals surface area contributed by atoms with Crippen LogP contribution in [0.4, 0.5) is 0 Å². The molecule has 0 aromatic carbocycles. The molecule has 0 saturated carbocycles. The summed E-state index contributed by atoms with van der Waals surface area (Å²) in [6, 6.07) is 0. The highest BCUT2D eigenvalue weighted by molar-refractivity contribution is 8.01. The molecule has 0 fully saturated rings. The molecule has 0 N–H and O–H groups in total. The number of hydrogen-bond acceptors (Lipinski definition) is 4. The van der Waals surface area contributed by atoms with Crippen LogP contribution in [0.25, 0.3) is 0 Å². The Bertz CT molecular complexity index is 188. The van der Waals surface area contributed by atoms with Gasteiger partial charge < -0.3 is 4.74 Å². The molecule has 0 radical (unpaired) electrons. The van der Waals surface area contributed by atoms with E-state index in [0.717, 1.165) is 10.1 Å². The molecule has 0 aliphatic rings. The number of nitrogens with zero attached hydrogens (tertiary/aromatic N) is 1. The second kappa shape index (κ2) is 4.74. The highest BCUT2D eigenvalue weighted by Gasteiger charge is 2.01. The molecule has 0 aliphatic heterocycles. The van der Waals surface area contributed by atoms with Crippen LogP contribution in [0.15, 0.2) is 15.9 Å². The van der Waals surface area contributed by atoms with E-state index in [1.54, 1.807) is 30.2 Å². The summed E-state index contributed by atoms with van der Waals surface area (Å²) in [6.45, 7) is 2.06. The fourth-order valence-electron chi connectivity index (χ4n) is 0.538. The van der Waals surface area contributed by atoms with Crippen LogP contribution in [0.3, 0.4) is 0 Å². The van der Waals surface area contributed by atoms with E-state index in [1.165, 1.54) is 0 Å². The van der Waals surface area contributed by atoms with E-state index in [1.807, 2.05) is 11.6 Å². The summed E-state index contributed by atoms with van der Waals surface area (Å²) in [4.78, 5) is 4.15. The molecule has 1 unspecified atom stereocenters. The summed E-state index contributed by atoms with van der Waals surface area (Å²) in [6.07, 6.45) is 2.13. The van der Waals surface area contributed by atoms with Gasteiger partial charge in [-0.3, -0.25) is 0 Å². The molecule has 4 heteroatoms. The van der Waals surface area contributed by atoms with Crippen molar-refractivity contribution in [2.24, 2.45) is 0 Å². The Labute approximate surface area is 75.0 Å². The number of methoxy groups -OCH3 is 1. The monoisotopic (exact) mass is 189 g/mol. The summed E-state index contributed by atoms with van der Waals surface area (Å²) in [5, 5.41) is 1.99. The molecular weight excluding hydrogens is 178 g/mol. The first-order valence-corrected chi connectivity index (χ1v) is 5.24. The van der Waals surface area contributed by atoms with Gasteiger partial charge in [-0.05, 0) is 6.92 Å². The van der Waals surface area contributed by atoms with E-state index in [4.69, 9.17) is 4.74 Å². The molecule has 1 atom stereocenters. The van der Waals surface area contributed by atoms with Crippen LogP contribution in [0.1, 0.15) is 6.92 Å². The van der Waals surface area contributed by atoms with Gasteiger partial charge in [-0.15, -0.1) is 11.3 Å². The average Bonchev–Trinajstić information content (AvgIpc) is 2.52. The highest BCUT2D eigenvalue weighted by atomic mass is 32.2. The van der Waals surface area contributed by atoms with E-state index < -0.39 is 0 Å². The van der Waals surface area contributed by atoms with Crippen LogP contribution in [-0.4, -0.2) is 24.0 Å². The number of rotatable bonds is 4. The normalized spacial score (nSPS) is 13.3. The zero-order valence-corrected chi connectivity index (χ0v) is 8.24. The summed E-state index contributed by atoms with van der Waals surface area (Å²) >= 11 is 3.41. The van der Waals surface area contributed by atoms with E-state index in [-0.39, 0.29) is 0 Å². The van der Waals surface area contributed by atoms with Crippen molar-refractivity contribution < 1.29 is 4.74 Å². The first-order chi connectivity index (χ1) is 5.33. The van der Waals surface area contributed by atoms with Crippen molar-refractivity contribution in [2.45, 2.75) is 17.4 Å². The highest BCUT2D eigenvalue weighted by Crippen LogP contribution is 2.21. The molecule has 0 aliphatic carbocycles. The van der Waals surface area contributed by atoms with Crippen molar-refractivity contribution >= 4 is 23.1 Å². The molecule has 0 amide bonds. The standard InChI is InChI=1S/C7H11NOS2/c1-6(9-2)5-11-7-8-3-4-10-7/h3-4,6H,5H2,1-2H3. The van der Waals surface area contributed by atoms with Crippen molar-refractivity contribution in [3.05, 3.63) is 11.6 Å². The summed E-state index contributed by atoms with van der Waals surface area (Å²) in [5.74, 6) is 0.976. The Kier molecular flexibility index (Phi) is 3.90. The molecule has 1 rings (SSSR count). The van der Waals surface area contributed by atoms with E-state index in [0.29, 0.717) is 6.10 Å². The van der Waals surface area contributed by atoms with E-state index in [9.17, 15) is 0 Å². The third kappa shape index (κ3) is 3.22. The third-order valence-corrected chi connectivity index (χ3v) is 3.45. The van der Waals surface area contributed by atoms with Crippen LogP contribution in [0.2, 0.25) is 0 Å². The quantitative estimate of drug-likeness (QED) is 0.678. The summed E-state index contributed by atoms with van der Waals surface area (Å²) in [5.41, 5.74) is 0. The molecule has 1 heterocycles. The van der Waals surface area contributed by atoms with Crippen LogP contribution in [0.5, 0.6) is 0 Å². The predicted molar refractivity (Wildman–Crippen MR) is 49.3 cm³/mol. The van der Waals surface area contributed by atoms with Gasteiger partial charge in [0.05, 0.1) is 6.10 Å². The molecule has 0 bridgehead atoms. The Morgan fingerprint density at radius 1 is 1.82 bits per heavy atom. The van der Waals surface area contributed by atoms with Crippen molar-refractivity contribution in [3.63, 3.8) is 0 Å². The van der Waals surface area contributed by atoms with Crippen molar-refractivity contribution in [3.8, 4) is 0 Å². The molecular formula is C7H11NOS2. The first kappa shape index (κ1) is 9.03. The SMILES string of the molecule is COC(C)CSc1nccs1. The minimum Gasteiger partial charge on any atom is -0.381 e. The lowest BCUT2D eigenvalue weighted by atomic mass is 10.5. The molecule has 11 heavy (non-hydrogen) atoms. The molecule has 2 nitrogen and oxygen atoms in total. The maximum Gasteiger partial charge on any atom is 0.149 e. The van der Waals surface area contributed by atoms with Gasteiger partial charge in [-0.25, -0.2) is 4.98 Å². The maximum absolute atomic E-state index is 5.10. The van der Waals surface area contributed by atoms with Gasteiger partial charge in [0, 0.05) is 24.4 Å².